The van der Waals surface area contributed by atoms with Crippen LogP contribution in [0, 0.1) is 0 Å². The van der Waals surface area contributed by atoms with Crippen LogP contribution < -0.4 is 0 Å². The molecule has 1 aliphatic rings. The second-order valence-electron chi connectivity index (χ2n) is 7.11. The van der Waals surface area contributed by atoms with Gasteiger partial charge in [0.2, 0.25) is 0 Å². The summed E-state index contributed by atoms with van der Waals surface area (Å²) in [6.07, 6.45) is 24.6. The van der Waals surface area contributed by atoms with E-state index in [0.29, 0.717) is 0 Å². The summed E-state index contributed by atoms with van der Waals surface area (Å²) in [6.45, 7) is 4.61. The SMILES string of the molecule is CCCCCCCCCCCCCCCCN1C=CN(C)C1.Cl.[InH3]. The van der Waals surface area contributed by atoms with E-state index in [1.54, 1.807) is 0 Å². The Balaban J connectivity index is 0. The van der Waals surface area contributed by atoms with Crippen LogP contribution in [-0.2, 0) is 0 Å². The summed E-state index contributed by atoms with van der Waals surface area (Å²) in [4.78, 5) is 4.66. The number of nitrogens with zero attached hydrogens (tertiary/aromatic N) is 2. The van der Waals surface area contributed by atoms with Gasteiger partial charge in [-0.25, -0.2) is 0 Å². The molecule has 0 amide bonds. The van der Waals surface area contributed by atoms with Crippen LogP contribution in [0.25, 0.3) is 0 Å². The van der Waals surface area contributed by atoms with Crippen molar-refractivity contribution in [1.29, 1.82) is 0 Å². The summed E-state index contributed by atoms with van der Waals surface area (Å²) in [5.41, 5.74) is 0. The van der Waals surface area contributed by atoms with Crippen molar-refractivity contribution < 1.29 is 0 Å². The molecule has 1 aliphatic heterocycles. The molecule has 0 N–H and O–H groups in total. The standard InChI is InChI=1S/C20H40N2.ClH.In.3H/c1-3-4-5-6-7-8-9-10-11-12-13-14-15-16-17-22-19-18-21(2)20-22;;;;;/h18-19H,3-17,20H2,1-2H3;1H;;;;. The van der Waals surface area contributed by atoms with Crippen molar-refractivity contribution in [1.82, 2.24) is 9.80 Å². The van der Waals surface area contributed by atoms with Crippen molar-refractivity contribution in [2.45, 2.75) is 96.8 Å². The molecule has 0 spiro atoms. The van der Waals surface area contributed by atoms with Gasteiger partial charge in [-0.2, -0.15) is 0 Å². The molecule has 144 valence electrons. The Bertz CT molecular complexity index is 274. The van der Waals surface area contributed by atoms with Crippen LogP contribution in [0.15, 0.2) is 12.4 Å². The third kappa shape index (κ3) is 16.0. The number of hydrogen-bond donors (Lipinski definition) is 0. The van der Waals surface area contributed by atoms with E-state index in [1.807, 2.05) is 0 Å². The summed E-state index contributed by atoms with van der Waals surface area (Å²) < 4.78 is 0. The molecule has 0 radical (unpaired) electrons. The Labute approximate surface area is 177 Å². The number of unbranched alkanes of at least 4 members (excludes halogenated alkanes) is 13. The Morgan fingerprint density at radius 1 is 0.667 bits per heavy atom. The van der Waals surface area contributed by atoms with E-state index in [1.165, 1.54) is 96.4 Å². The summed E-state index contributed by atoms with van der Waals surface area (Å²) >= 11 is 0. The first kappa shape index (κ1) is 26.7. The zero-order valence-corrected chi connectivity index (χ0v) is 16.6. The molecular formula is C20H44ClInN2. The van der Waals surface area contributed by atoms with Crippen molar-refractivity contribution in [3.63, 3.8) is 0 Å². The van der Waals surface area contributed by atoms with E-state index in [4.69, 9.17) is 0 Å². The van der Waals surface area contributed by atoms with Gasteiger partial charge in [0.1, 0.15) is 0 Å². The first-order valence-electron chi connectivity index (χ1n) is 9.95. The molecule has 24 heavy (non-hydrogen) atoms. The molecule has 0 saturated heterocycles. The molecule has 1 rings (SSSR count). The second kappa shape index (κ2) is 19.8. The zero-order chi connectivity index (χ0) is 15.9. The Morgan fingerprint density at radius 2 is 1.08 bits per heavy atom. The molecule has 0 fully saturated rings. The van der Waals surface area contributed by atoms with E-state index >= 15 is 0 Å². The number of hydrogen-bond acceptors (Lipinski definition) is 2. The van der Waals surface area contributed by atoms with Gasteiger partial charge in [0.05, 0.1) is 6.67 Å². The van der Waals surface area contributed by atoms with Gasteiger partial charge in [-0.05, 0) is 6.42 Å². The molecule has 1 heterocycles. The summed E-state index contributed by atoms with van der Waals surface area (Å²) in [5.74, 6) is 0. The fourth-order valence-corrected chi connectivity index (χ4v) is 3.24. The van der Waals surface area contributed by atoms with E-state index in [2.05, 4.69) is 36.2 Å². The average molecular weight is 463 g/mol. The number of halogens is 1. The maximum atomic E-state index is 2.42. The molecule has 4 heteroatoms. The maximum absolute atomic E-state index is 2.42. The zero-order valence-electron chi connectivity index (χ0n) is 15.8. The molecular weight excluding hydrogens is 419 g/mol. The summed E-state index contributed by atoms with van der Waals surface area (Å²) in [7, 11) is 2.14. The van der Waals surface area contributed by atoms with E-state index in [-0.39, 0.29) is 38.3 Å². The van der Waals surface area contributed by atoms with Crippen molar-refractivity contribution >= 4 is 38.3 Å². The van der Waals surface area contributed by atoms with Crippen molar-refractivity contribution in [2.75, 3.05) is 20.3 Å². The second-order valence-corrected chi connectivity index (χ2v) is 7.11. The van der Waals surface area contributed by atoms with Gasteiger partial charge in [0.25, 0.3) is 0 Å². The third-order valence-electron chi connectivity index (χ3n) is 4.74. The topological polar surface area (TPSA) is 6.48 Å². The molecule has 2 nitrogen and oxygen atoms in total. The van der Waals surface area contributed by atoms with Crippen LogP contribution in [0.2, 0.25) is 0 Å². The normalized spacial score (nSPS) is 13.1. The fraction of sp³-hybridized carbons (Fsp3) is 0.900. The van der Waals surface area contributed by atoms with Crippen molar-refractivity contribution in [3.05, 3.63) is 12.4 Å². The van der Waals surface area contributed by atoms with Gasteiger partial charge in [-0.3, -0.25) is 0 Å². The molecule has 0 aromatic carbocycles. The van der Waals surface area contributed by atoms with Gasteiger partial charge in [0.15, 0.2) is 0 Å². The minimum absolute atomic E-state index is 0. The molecule has 0 aliphatic carbocycles. The van der Waals surface area contributed by atoms with Crippen LogP contribution >= 0.6 is 12.4 Å². The van der Waals surface area contributed by atoms with Gasteiger partial charge < -0.3 is 9.80 Å². The first-order valence-corrected chi connectivity index (χ1v) is 9.95. The summed E-state index contributed by atoms with van der Waals surface area (Å²) in [5, 5.41) is 0. The molecule has 0 bridgehead atoms. The van der Waals surface area contributed by atoms with Crippen LogP contribution in [0.4, 0.5) is 0 Å². The average Bonchev–Trinajstić information content (AvgIpc) is 2.93. The molecule has 0 atom stereocenters. The van der Waals surface area contributed by atoms with Crippen molar-refractivity contribution in [3.8, 4) is 0 Å². The van der Waals surface area contributed by atoms with Gasteiger partial charge in [-0.1, -0.05) is 90.4 Å². The molecule has 0 aromatic heterocycles. The minimum atomic E-state index is 0. The van der Waals surface area contributed by atoms with Crippen LogP contribution in [0.3, 0.4) is 0 Å². The van der Waals surface area contributed by atoms with Crippen LogP contribution in [0.5, 0.6) is 0 Å². The Hall–Kier alpha value is 0.500. The molecule has 0 saturated carbocycles. The van der Waals surface area contributed by atoms with E-state index in [9.17, 15) is 0 Å². The van der Waals surface area contributed by atoms with Crippen LogP contribution in [0.1, 0.15) is 96.8 Å². The predicted octanol–water partition coefficient (Wildman–Crippen LogP) is 5.38. The van der Waals surface area contributed by atoms with E-state index in [0.717, 1.165) is 6.67 Å². The predicted molar refractivity (Wildman–Crippen MR) is 116 cm³/mol. The van der Waals surface area contributed by atoms with E-state index < -0.39 is 0 Å². The molecule has 0 unspecified atom stereocenters. The van der Waals surface area contributed by atoms with Gasteiger partial charge >= 0.3 is 25.8 Å². The first-order chi connectivity index (χ1) is 10.8. The van der Waals surface area contributed by atoms with Crippen molar-refractivity contribution in [2.24, 2.45) is 0 Å². The van der Waals surface area contributed by atoms with Gasteiger partial charge in [0, 0.05) is 26.0 Å². The Morgan fingerprint density at radius 3 is 1.46 bits per heavy atom. The third-order valence-corrected chi connectivity index (χ3v) is 4.74. The monoisotopic (exact) mass is 462 g/mol. The fourth-order valence-electron chi connectivity index (χ4n) is 3.24. The van der Waals surface area contributed by atoms with Gasteiger partial charge in [-0.15, -0.1) is 12.4 Å². The molecule has 0 aromatic rings. The summed E-state index contributed by atoms with van der Waals surface area (Å²) in [6, 6.07) is 0. The Kier molecular flexibility index (Phi) is 22.1. The number of rotatable bonds is 15. The quantitative estimate of drug-likeness (QED) is 0.301. The van der Waals surface area contributed by atoms with Crippen LogP contribution in [-0.4, -0.2) is 55.9 Å².